The zero-order chi connectivity index (χ0) is 27.3. The van der Waals surface area contributed by atoms with E-state index in [9.17, 15) is 18.3 Å². The van der Waals surface area contributed by atoms with Crippen molar-refractivity contribution in [3.8, 4) is 16.9 Å². The average Bonchev–Trinajstić information content (AvgIpc) is 3.34. The average molecular weight is 536 g/mol. The number of carbonyl (C=O) groups excluding carboxylic acids is 1. The zero-order valence-electron chi connectivity index (χ0n) is 21.8. The molecule has 1 heterocycles. The van der Waals surface area contributed by atoms with Gasteiger partial charge in [-0.3, -0.25) is 4.79 Å². The monoisotopic (exact) mass is 535 g/mol. The second kappa shape index (κ2) is 11.8. The first-order valence-corrected chi connectivity index (χ1v) is 13.9. The van der Waals surface area contributed by atoms with E-state index >= 15 is 0 Å². The van der Waals surface area contributed by atoms with Crippen molar-refractivity contribution in [3.05, 3.63) is 84.1 Å². The quantitative estimate of drug-likeness (QED) is 0.266. The molecule has 38 heavy (non-hydrogen) atoms. The van der Waals surface area contributed by atoms with Crippen molar-refractivity contribution in [3.63, 3.8) is 0 Å². The molecule has 0 aliphatic heterocycles. The molecular weight excluding hydrogens is 502 g/mol. The Bertz CT molecular complexity index is 1530. The molecule has 0 radical (unpaired) electrons. The van der Waals surface area contributed by atoms with Gasteiger partial charge in [0.1, 0.15) is 5.75 Å². The minimum atomic E-state index is -3.61. The summed E-state index contributed by atoms with van der Waals surface area (Å²) in [6.07, 6.45) is 3.11. The summed E-state index contributed by atoms with van der Waals surface area (Å²) in [5, 5.41) is 14.1. The molecule has 3 N–H and O–H groups in total. The Morgan fingerprint density at radius 2 is 1.82 bits per heavy atom. The van der Waals surface area contributed by atoms with Gasteiger partial charge in [0.2, 0.25) is 10.0 Å². The number of aliphatic hydroxyl groups is 1. The topological polar surface area (TPSA) is 112 Å². The molecule has 0 fully saturated rings. The Kier molecular flexibility index (Phi) is 8.51. The van der Waals surface area contributed by atoms with Crippen molar-refractivity contribution in [1.82, 2.24) is 14.6 Å². The normalized spacial score (nSPS) is 12.6. The fourth-order valence-electron chi connectivity index (χ4n) is 4.26. The molecule has 0 saturated carbocycles. The van der Waals surface area contributed by atoms with Gasteiger partial charge in [0.25, 0.3) is 5.91 Å². The lowest BCUT2D eigenvalue weighted by atomic mass is 10.0. The van der Waals surface area contributed by atoms with Crippen LogP contribution in [0.25, 0.3) is 22.0 Å². The molecular formula is C29H33N3O5S. The summed E-state index contributed by atoms with van der Waals surface area (Å²) in [5.41, 5.74) is 3.63. The van der Waals surface area contributed by atoms with Crippen LogP contribution < -0.4 is 10.1 Å². The predicted molar refractivity (Wildman–Crippen MR) is 149 cm³/mol. The molecule has 4 rings (SSSR count). The summed E-state index contributed by atoms with van der Waals surface area (Å²) in [6.45, 7) is 2.18. The van der Waals surface area contributed by atoms with Crippen molar-refractivity contribution in [2.45, 2.75) is 30.7 Å². The predicted octanol–water partition coefficient (Wildman–Crippen LogP) is 4.21. The Morgan fingerprint density at radius 3 is 2.55 bits per heavy atom. The summed E-state index contributed by atoms with van der Waals surface area (Å²) >= 11 is 0. The van der Waals surface area contributed by atoms with E-state index < -0.39 is 16.1 Å². The smallest absolute Gasteiger partial charge is 0.255 e. The number of nitrogens with one attached hydrogen (secondary N) is 2. The first-order valence-electron chi connectivity index (χ1n) is 12.5. The number of sulfonamides is 1. The summed E-state index contributed by atoms with van der Waals surface area (Å²) in [4.78, 5) is 16.9. The Hall–Kier alpha value is -3.66. The maximum atomic E-state index is 13.5. The molecule has 1 amide bonds. The van der Waals surface area contributed by atoms with Gasteiger partial charge < -0.3 is 20.1 Å². The largest absolute Gasteiger partial charge is 0.493 e. The van der Waals surface area contributed by atoms with Gasteiger partial charge in [0.05, 0.1) is 29.7 Å². The highest BCUT2D eigenvalue weighted by Gasteiger charge is 2.21. The summed E-state index contributed by atoms with van der Waals surface area (Å²) in [6, 6.07) is 19.2. The molecule has 8 nitrogen and oxygen atoms in total. The number of nitrogens with zero attached hydrogens (tertiary/aromatic N) is 1. The van der Waals surface area contributed by atoms with E-state index in [2.05, 4.69) is 10.3 Å². The number of ether oxygens (including phenoxy) is 1. The Balaban J connectivity index is 1.64. The number of para-hydroxylation sites is 1. The van der Waals surface area contributed by atoms with Crippen molar-refractivity contribution in [2.75, 3.05) is 27.3 Å². The minimum absolute atomic E-state index is 0.163. The molecule has 4 aromatic rings. The van der Waals surface area contributed by atoms with Crippen LogP contribution in [-0.4, -0.2) is 62.1 Å². The Morgan fingerprint density at radius 1 is 1.05 bits per heavy atom. The maximum Gasteiger partial charge on any atom is 0.255 e. The first-order chi connectivity index (χ1) is 18.2. The van der Waals surface area contributed by atoms with Crippen LogP contribution in [0.5, 0.6) is 5.75 Å². The molecule has 200 valence electrons. The fourth-order valence-corrected chi connectivity index (χ4v) is 5.21. The van der Waals surface area contributed by atoms with Crippen LogP contribution in [0.1, 0.15) is 29.3 Å². The highest BCUT2D eigenvalue weighted by atomic mass is 32.2. The van der Waals surface area contributed by atoms with Gasteiger partial charge in [-0.15, -0.1) is 0 Å². The van der Waals surface area contributed by atoms with Crippen molar-refractivity contribution in [2.24, 2.45) is 0 Å². The van der Waals surface area contributed by atoms with Crippen LogP contribution in [0.4, 0.5) is 0 Å². The molecule has 1 atom stereocenters. The number of aromatic amines is 1. The summed E-state index contributed by atoms with van der Waals surface area (Å²) in [5.74, 6) is 0.0443. The fraction of sp³-hybridized carbons (Fsp3) is 0.276. The molecule has 0 bridgehead atoms. The summed E-state index contributed by atoms with van der Waals surface area (Å²) < 4.78 is 32.3. The number of H-pyrrole nitrogens is 1. The van der Waals surface area contributed by atoms with Gasteiger partial charge in [0, 0.05) is 31.2 Å². The molecule has 0 saturated heterocycles. The number of amides is 1. The van der Waals surface area contributed by atoms with E-state index in [4.69, 9.17) is 4.74 Å². The second-order valence-electron chi connectivity index (χ2n) is 9.29. The summed E-state index contributed by atoms with van der Waals surface area (Å²) in [7, 11) is -0.646. The molecule has 1 aromatic heterocycles. The third-order valence-electron chi connectivity index (χ3n) is 6.33. The van der Waals surface area contributed by atoms with Crippen molar-refractivity contribution < 1.29 is 23.1 Å². The van der Waals surface area contributed by atoms with Gasteiger partial charge in [-0.25, -0.2) is 12.7 Å². The highest BCUT2D eigenvalue weighted by molar-refractivity contribution is 7.89. The number of rotatable bonds is 11. The van der Waals surface area contributed by atoms with Gasteiger partial charge in [0.15, 0.2) is 0 Å². The maximum absolute atomic E-state index is 13.5. The molecule has 3 aromatic carbocycles. The highest BCUT2D eigenvalue weighted by Crippen LogP contribution is 2.29. The van der Waals surface area contributed by atoms with Gasteiger partial charge in [-0.1, -0.05) is 43.3 Å². The number of benzene rings is 3. The van der Waals surface area contributed by atoms with E-state index in [1.165, 1.54) is 14.1 Å². The number of aliphatic hydroxyl groups excluding tert-OH is 1. The van der Waals surface area contributed by atoms with Crippen LogP contribution in [0.2, 0.25) is 0 Å². The number of hydrogen-bond donors (Lipinski definition) is 3. The number of fused-ring (bicyclic) bond motifs is 1. The standard InChI is InChI=1S/C29H33N3O5S/c1-4-14-37-28-13-12-21(20-8-7-9-24(16-20)38(35,36)32(2)3)17-26(28)29(34)31-23(19-33)15-22-18-30-27-11-6-5-10-25(22)27/h5-13,16-18,23,30,33H,4,14-15,19H2,1-3H3,(H,31,34)/t23-/m1/s1. The second-order valence-corrected chi connectivity index (χ2v) is 11.4. The molecule has 0 unspecified atom stereocenters. The lowest BCUT2D eigenvalue weighted by Crippen LogP contribution is -2.39. The van der Waals surface area contributed by atoms with Crippen LogP contribution in [0.15, 0.2) is 77.8 Å². The van der Waals surface area contributed by atoms with Crippen LogP contribution >= 0.6 is 0 Å². The third-order valence-corrected chi connectivity index (χ3v) is 8.14. The minimum Gasteiger partial charge on any atom is -0.493 e. The van der Waals surface area contributed by atoms with Crippen molar-refractivity contribution >= 4 is 26.8 Å². The van der Waals surface area contributed by atoms with E-state index in [0.29, 0.717) is 35.5 Å². The van der Waals surface area contributed by atoms with Gasteiger partial charge >= 0.3 is 0 Å². The third kappa shape index (κ3) is 5.91. The zero-order valence-corrected chi connectivity index (χ0v) is 22.6. The SMILES string of the molecule is CCCOc1ccc(-c2cccc(S(=O)(=O)N(C)C)c2)cc1C(=O)N[C@@H](CO)Cc1c[nH]c2ccccc12. The van der Waals surface area contributed by atoms with Gasteiger partial charge in [-0.2, -0.15) is 0 Å². The van der Waals surface area contributed by atoms with E-state index in [1.54, 1.807) is 42.5 Å². The molecule has 9 heteroatoms. The van der Waals surface area contributed by atoms with E-state index in [-0.39, 0.29) is 17.4 Å². The van der Waals surface area contributed by atoms with Gasteiger partial charge in [-0.05, 0) is 59.9 Å². The first kappa shape index (κ1) is 27.4. The Labute approximate surface area is 223 Å². The molecule has 0 aliphatic rings. The van der Waals surface area contributed by atoms with E-state index in [0.717, 1.165) is 27.2 Å². The molecule has 0 aliphatic carbocycles. The van der Waals surface area contributed by atoms with Crippen LogP contribution in [-0.2, 0) is 16.4 Å². The molecule has 0 spiro atoms. The lowest BCUT2D eigenvalue weighted by molar-refractivity contribution is 0.0912. The number of hydrogen-bond acceptors (Lipinski definition) is 5. The van der Waals surface area contributed by atoms with Crippen LogP contribution in [0.3, 0.4) is 0 Å². The van der Waals surface area contributed by atoms with Crippen LogP contribution in [0, 0.1) is 0 Å². The number of carbonyl (C=O) groups is 1. The van der Waals surface area contributed by atoms with Crippen molar-refractivity contribution in [1.29, 1.82) is 0 Å². The van der Waals surface area contributed by atoms with E-state index in [1.807, 2.05) is 37.4 Å². The lowest BCUT2D eigenvalue weighted by Gasteiger charge is -2.19. The number of aromatic nitrogens is 1.